The van der Waals surface area contributed by atoms with E-state index in [0.717, 1.165) is 18.5 Å². The molecule has 1 atom stereocenters. The smallest absolute Gasteiger partial charge is 0.305 e. The largest absolute Gasteiger partial charge is 0.481 e. The van der Waals surface area contributed by atoms with Gasteiger partial charge in [-0.15, -0.1) is 0 Å². The van der Waals surface area contributed by atoms with E-state index >= 15 is 0 Å². The second kappa shape index (κ2) is 2.62. The van der Waals surface area contributed by atoms with Crippen molar-refractivity contribution in [1.82, 2.24) is 9.55 Å². The molecule has 2 rings (SSSR count). The minimum Gasteiger partial charge on any atom is -0.481 e. The highest BCUT2D eigenvalue weighted by Gasteiger charge is 2.23. The van der Waals surface area contributed by atoms with Gasteiger partial charge < -0.3 is 9.67 Å². The zero-order chi connectivity index (χ0) is 8.55. The molecular weight excluding hydrogens is 156 g/mol. The molecule has 12 heavy (non-hydrogen) atoms. The van der Waals surface area contributed by atoms with E-state index in [4.69, 9.17) is 5.11 Å². The van der Waals surface area contributed by atoms with Crippen LogP contribution in [0.5, 0.6) is 0 Å². The second-order valence-electron chi connectivity index (χ2n) is 3.08. The monoisotopic (exact) mass is 166 g/mol. The Labute approximate surface area is 69.8 Å². The molecule has 0 spiro atoms. The van der Waals surface area contributed by atoms with Gasteiger partial charge in [-0.3, -0.25) is 4.79 Å². The fourth-order valence-corrected chi connectivity index (χ4v) is 1.71. The molecule has 2 heterocycles. The molecule has 4 nitrogen and oxygen atoms in total. The number of fused-ring (bicyclic) bond motifs is 1. The minimum absolute atomic E-state index is 0.125. The van der Waals surface area contributed by atoms with E-state index < -0.39 is 5.97 Å². The number of aromatic nitrogens is 2. The average Bonchev–Trinajstić information content (AvgIpc) is 2.52. The van der Waals surface area contributed by atoms with E-state index in [1.54, 1.807) is 6.33 Å². The van der Waals surface area contributed by atoms with Crippen LogP contribution < -0.4 is 0 Å². The number of carbonyl (C=O) groups is 1. The van der Waals surface area contributed by atoms with Gasteiger partial charge in [0.15, 0.2) is 0 Å². The molecule has 0 saturated heterocycles. The summed E-state index contributed by atoms with van der Waals surface area (Å²) in [5, 5.41) is 8.60. The summed E-state index contributed by atoms with van der Waals surface area (Å²) in [6, 6.07) is 0.125. The molecule has 0 aliphatic carbocycles. The topological polar surface area (TPSA) is 55.1 Å². The molecule has 1 unspecified atom stereocenters. The summed E-state index contributed by atoms with van der Waals surface area (Å²) in [4.78, 5) is 14.4. The molecule has 0 amide bonds. The van der Waals surface area contributed by atoms with Gasteiger partial charge in [0, 0.05) is 17.9 Å². The number of carboxylic acid groups (broad SMARTS) is 1. The van der Waals surface area contributed by atoms with Crippen LogP contribution in [0.2, 0.25) is 0 Å². The highest BCUT2D eigenvalue weighted by molar-refractivity contribution is 5.67. The molecule has 0 radical (unpaired) electrons. The lowest BCUT2D eigenvalue weighted by molar-refractivity contribution is -0.137. The van der Waals surface area contributed by atoms with Crippen LogP contribution in [-0.4, -0.2) is 20.6 Å². The maximum atomic E-state index is 10.5. The fourth-order valence-electron chi connectivity index (χ4n) is 1.71. The molecule has 1 aliphatic rings. The minimum atomic E-state index is -0.735. The van der Waals surface area contributed by atoms with Crippen LogP contribution in [0.1, 0.15) is 24.6 Å². The number of hydrogen-bond donors (Lipinski definition) is 1. The predicted octanol–water partition coefficient (Wildman–Crippen LogP) is 0.845. The van der Waals surface area contributed by atoms with Crippen LogP contribution in [0.3, 0.4) is 0 Å². The first-order valence-electron chi connectivity index (χ1n) is 4.00. The highest BCUT2D eigenvalue weighted by Crippen LogP contribution is 2.27. The third-order valence-electron chi connectivity index (χ3n) is 2.28. The number of carboxylic acids is 1. The summed E-state index contributed by atoms with van der Waals surface area (Å²) in [5.74, 6) is -0.735. The average molecular weight is 166 g/mol. The SMILES string of the molecule is O=C(O)CC1CCc2cncn21. The van der Waals surface area contributed by atoms with Gasteiger partial charge in [-0.05, 0) is 12.8 Å². The van der Waals surface area contributed by atoms with Crippen molar-refractivity contribution in [2.45, 2.75) is 25.3 Å². The van der Waals surface area contributed by atoms with E-state index in [1.807, 2.05) is 10.8 Å². The van der Waals surface area contributed by atoms with Gasteiger partial charge in [-0.2, -0.15) is 0 Å². The summed E-state index contributed by atoms with van der Waals surface area (Å²) < 4.78 is 1.97. The van der Waals surface area contributed by atoms with Crippen molar-refractivity contribution < 1.29 is 9.90 Å². The number of hydrogen-bond acceptors (Lipinski definition) is 2. The van der Waals surface area contributed by atoms with Gasteiger partial charge in [-0.1, -0.05) is 0 Å². The van der Waals surface area contributed by atoms with E-state index in [9.17, 15) is 4.79 Å². The summed E-state index contributed by atoms with van der Waals surface area (Å²) >= 11 is 0. The highest BCUT2D eigenvalue weighted by atomic mass is 16.4. The van der Waals surface area contributed by atoms with Crippen LogP contribution >= 0.6 is 0 Å². The molecule has 0 saturated carbocycles. The van der Waals surface area contributed by atoms with E-state index in [1.165, 1.54) is 0 Å². The zero-order valence-electron chi connectivity index (χ0n) is 6.60. The van der Waals surface area contributed by atoms with Gasteiger partial charge in [0.05, 0.1) is 12.7 Å². The van der Waals surface area contributed by atoms with Crippen molar-refractivity contribution >= 4 is 5.97 Å². The Morgan fingerprint density at radius 1 is 1.83 bits per heavy atom. The zero-order valence-corrected chi connectivity index (χ0v) is 6.60. The van der Waals surface area contributed by atoms with Crippen LogP contribution in [0, 0.1) is 0 Å². The number of imidazole rings is 1. The van der Waals surface area contributed by atoms with Gasteiger partial charge in [-0.25, -0.2) is 4.98 Å². The maximum absolute atomic E-state index is 10.5. The van der Waals surface area contributed by atoms with E-state index in [2.05, 4.69) is 4.98 Å². The number of aliphatic carboxylic acids is 1. The summed E-state index contributed by atoms with van der Waals surface area (Å²) in [6.07, 6.45) is 5.63. The first-order valence-corrected chi connectivity index (χ1v) is 4.00. The molecule has 1 aliphatic heterocycles. The van der Waals surface area contributed by atoms with E-state index in [-0.39, 0.29) is 12.5 Å². The lowest BCUT2D eigenvalue weighted by Gasteiger charge is -2.08. The van der Waals surface area contributed by atoms with Crippen LogP contribution in [0.4, 0.5) is 0 Å². The summed E-state index contributed by atoms with van der Waals surface area (Å²) in [6.45, 7) is 0. The van der Waals surface area contributed by atoms with Gasteiger partial charge in [0.25, 0.3) is 0 Å². The first kappa shape index (κ1) is 7.34. The van der Waals surface area contributed by atoms with Crippen molar-refractivity contribution in [3.63, 3.8) is 0 Å². The molecule has 0 aromatic carbocycles. The van der Waals surface area contributed by atoms with Crippen molar-refractivity contribution in [1.29, 1.82) is 0 Å². The van der Waals surface area contributed by atoms with E-state index in [0.29, 0.717) is 0 Å². The van der Waals surface area contributed by atoms with Gasteiger partial charge in [0.1, 0.15) is 0 Å². The molecule has 0 fully saturated rings. The van der Waals surface area contributed by atoms with Crippen molar-refractivity contribution in [3.05, 3.63) is 18.2 Å². The van der Waals surface area contributed by atoms with Crippen LogP contribution in [0.25, 0.3) is 0 Å². The third-order valence-corrected chi connectivity index (χ3v) is 2.28. The van der Waals surface area contributed by atoms with Crippen LogP contribution in [0.15, 0.2) is 12.5 Å². The Bertz CT molecular complexity index is 306. The molecule has 1 aromatic heterocycles. The molecule has 0 bridgehead atoms. The first-order chi connectivity index (χ1) is 5.77. The lowest BCUT2D eigenvalue weighted by atomic mass is 10.1. The third kappa shape index (κ3) is 1.09. The van der Waals surface area contributed by atoms with Gasteiger partial charge in [0.2, 0.25) is 0 Å². The molecule has 64 valence electrons. The van der Waals surface area contributed by atoms with Crippen molar-refractivity contribution in [3.8, 4) is 0 Å². The van der Waals surface area contributed by atoms with Crippen molar-refractivity contribution in [2.75, 3.05) is 0 Å². The maximum Gasteiger partial charge on any atom is 0.305 e. The molecule has 1 aromatic rings. The molecule has 4 heteroatoms. The number of rotatable bonds is 2. The number of nitrogens with zero attached hydrogens (tertiary/aromatic N) is 2. The lowest BCUT2D eigenvalue weighted by Crippen LogP contribution is -2.08. The van der Waals surface area contributed by atoms with Gasteiger partial charge >= 0.3 is 5.97 Å². The second-order valence-corrected chi connectivity index (χ2v) is 3.08. The van der Waals surface area contributed by atoms with Crippen molar-refractivity contribution in [2.24, 2.45) is 0 Å². The predicted molar refractivity (Wildman–Crippen MR) is 41.8 cm³/mol. The summed E-state index contributed by atoms with van der Waals surface area (Å²) in [5.41, 5.74) is 1.15. The molecule has 1 N–H and O–H groups in total. The normalized spacial score (nSPS) is 20.8. The number of aryl methyl sites for hydroxylation is 1. The quantitative estimate of drug-likeness (QED) is 0.708. The Hall–Kier alpha value is -1.32. The summed E-state index contributed by atoms with van der Waals surface area (Å²) in [7, 11) is 0. The standard InChI is InChI=1S/C8H10N2O2/c11-8(12)3-6-1-2-7-4-9-5-10(6)7/h4-6H,1-3H2,(H,11,12). The Morgan fingerprint density at radius 2 is 2.67 bits per heavy atom. The fraction of sp³-hybridized carbons (Fsp3) is 0.500. The Balaban J connectivity index is 2.17. The Morgan fingerprint density at radius 3 is 3.42 bits per heavy atom. The Kier molecular flexibility index (Phi) is 1.60. The molecular formula is C8H10N2O2. The van der Waals surface area contributed by atoms with Crippen LogP contribution in [-0.2, 0) is 11.2 Å².